The Kier molecular flexibility index (Phi) is 6.81. The number of pyridine rings is 1. The minimum atomic E-state index is -0.0950. The summed E-state index contributed by atoms with van der Waals surface area (Å²) in [5.74, 6) is 0.683. The second-order valence-electron chi connectivity index (χ2n) is 7.83. The number of anilines is 1. The van der Waals surface area contributed by atoms with Crippen molar-refractivity contribution < 1.29 is 9.53 Å². The molecule has 2 heterocycles. The minimum Gasteiger partial charge on any atom is -0.494 e. The maximum absolute atomic E-state index is 13.6. The monoisotopic (exact) mass is 445 g/mol. The Balaban J connectivity index is 1.66. The highest BCUT2D eigenvalue weighted by molar-refractivity contribution is 7.22. The molecule has 5 nitrogen and oxygen atoms in total. The lowest BCUT2D eigenvalue weighted by Gasteiger charge is -2.20. The third kappa shape index (κ3) is 4.81. The van der Waals surface area contributed by atoms with E-state index in [-0.39, 0.29) is 5.91 Å². The van der Waals surface area contributed by atoms with E-state index >= 15 is 0 Å². The lowest BCUT2D eigenvalue weighted by atomic mass is 10.1. The normalized spacial score (nSPS) is 11.0. The quantitative estimate of drug-likeness (QED) is 0.297. The topological polar surface area (TPSA) is 55.3 Å². The molecule has 2 aromatic carbocycles. The van der Waals surface area contributed by atoms with Crippen LogP contribution in [0.5, 0.6) is 5.75 Å². The van der Waals surface area contributed by atoms with Crippen LogP contribution in [0.3, 0.4) is 0 Å². The van der Waals surface area contributed by atoms with Gasteiger partial charge in [-0.1, -0.05) is 36.8 Å². The van der Waals surface area contributed by atoms with Gasteiger partial charge in [0, 0.05) is 18.0 Å². The summed E-state index contributed by atoms with van der Waals surface area (Å²) in [4.78, 5) is 24.4. The van der Waals surface area contributed by atoms with Crippen LogP contribution in [0.15, 0.2) is 60.9 Å². The Morgan fingerprint density at radius 2 is 1.91 bits per heavy atom. The van der Waals surface area contributed by atoms with Crippen molar-refractivity contribution in [1.82, 2.24) is 9.97 Å². The van der Waals surface area contributed by atoms with Gasteiger partial charge in [0.15, 0.2) is 5.13 Å². The highest BCUT2D eigenvalue weighted by Gasteiger charge is 2.22. The third-order valence-corrected chi connectivity index (χ3v) is 6.52. The number of rotatable bonds is 8. The summed E-state index contributed by atoms with van der Waals surface area (Å²) in [5.41, 5.74) is 4.84. The van der Waals surface area contributed by atoms with Gasteiger partial charge in [-0.3, -0.25) is 14.7 Å². The van der Waals surface area contributed by atoms with Gasteiger partial charge >= 0.3 is 0 Å². The van der Waals surface area contributed by atoms with Crippen LogP contribution in [0.1, 0.15) is 46.8 Å². The fraction of sp³-hybridized carbons (Fsp3) is 0.269. The summed E-state index contributed by atoms with van der Waals surface area (Å²) >= 11 is 1.54. The van der Waals surface area contributed by atoms with Crippen molar-refractivity contribution in [2.45, 2.75) is 40.2 Å². The van der Waals surface area contributed by atoms with Crippen LogP contribution in [-0.4, -0.2) is 22.5 Å². The smallest absolute Gasteiger partial charge is 0.260 e. The molecule has 6 heteroatoms. The Hall–Kier alpha value is -3.25. The van der Waals surface area contributed by atoms with E-state index in [1.54, 1.807) is 17.3 Å². The molecule has 0 saturated heterocycles. The van der Waals surface area contributed by atoms with E-state index < -0.39 is 0 Å². The first-order chi connectivity index (χ1) is 15.6. The molecule has 0 aliphatic rings. The molecular weight excluding hydrogens is 418 g/mol. The molecule has 0 unspecified atom stereocenters. The fourth-order valence-corrected chi connectivity index (χ4v) is 4.44. The van der Waals surface area contributed by atoms with Crippen molar-refractivity contribution >= 4 is 32.6 Å². The van der Waals surface area contributed by atoms with E-state index in [1.807, 2.05) is 36.4 Å². The van der Waals surface area contributed by atoms with Crippen LogP contribution in [0, 0.1) is 13.8 Å². The van der Waals surface area contributed by atoms with Crippen molar-refractivity contribution in [3.63, 3.8) is 0 Å². The van der Waals surface area contributed by atoms with Gasteiger partial charge in [-0.15, -0.1) is 0 Å². The second kappa shape index (κ2) is 9.92. The van der Waals surface area contributed by atoms with Crippen LogP contribution in [0.25, 0.3) is 10.2 Å². The Labute approximate surface area is 192 Å². The molecule has 0 bridgehead atoms. The first-order valence-corrected chi connectivity index (χ1v) is 11.7. The van der Waals surface area contributed by atoms with Crippen molar-refractivity contribution in [3.8, 4) is 5.75 Å². The Bertz CT molecular complexity index is 1200. The summed E-state index contributed by atoms with van der Waals surface area (Å²) in [6.07, 6.45) is 5.61. The first kappa shape index (κ1) is 22.0. The molecule has 0 spiro atoms. The summed E-state index contributed by atoms with van der Waals surface area (Å²) in [6.45, 7) is 7.37. The van der Waals surface area contributed by atoms with Crippen LogP contribution >= 0.6 is 11.3 Å². The van der Waals surface area contributed by atoms with Crippen LogP contribution in [-0.2, 0) is 6.54 Å². The van der Waals surface area contributed by atoms with Gasteiger partial charge in [-0.25, -0.2) is 4.98 Å². The molecule has 0 N–H and O–H groups in total. The number of thiazole rings is 1. The largest absolute Gasteiger partial charge is 0.494 e. The number of ether oxygens (including phenoxy) is 1. The number of benzene rings is 2. The average molecular weight is 446 g/mol. The number of hydrogen-bond acceptors (Lipinski definition) is 5. The molecule has 0 atom stereocenters. The zero-order chi connectivity index (χ0) is 22.5. The van der Waals surface area contributed by atoms with Gasteiger partial charge < -0.3 is 4.74 Å². The number of fused-ring (bicyclic) bond motifs is 1. The minimum absolute atomic E-state index is 0.0950. The zero-order valence-corrected chi connectivity index (χ0v) is 19.5. The predicted molar refractivity (Wildman–Crippen MR) is 131 cm³/mol. The molecule has 0 fully saturated rings. The molecule has 1 amide bonds. The molecule has 164 valence electrons. The summed E-state index contributed by atoms with van der Waals surface area (Å²) < 4.78 is 6.82. The van der Waals surface area contributed by atoms with Crippen molar-refractivity contribution in [2.75, 3.05) is 11.5 Å². The van der Waals surface area contributed by atoms with Gasteiger partial charge in [-0.05, 0) is 73.4 Å². The average Bonchev–Trinajstić information content (AvgIpc) is 3.26. The molecule has 0 radical (unpaired) electrons. The predicted octanol–water partition coefficient (Wildman–Crippen LogP) is 6.33. The SMILES string of the molecule is CCCCOc1ccc(C(=O)N(Cc2cccnc2)c2nc3c(C)c(C)ccc3s2)cc1. The lowest BCUT2D eigenvalue weighted by molar-refractivity contribution is 0.0985. The maximum Gasteiger partial charge on any atom is 0.260 e. The van der Waals surface area contributed by atoms with Gasteiger partial charge in [0.1, 0.15) is 5.75 Å². The number of carbonyl (C=O) groups excluding carboxylic acids is 1. The molecule has 4 aromatic rings. The zero-order valence-electron chi connectivity index (χ0n) is 18.7. The van der Waals surface area contributed by atoms with Gasteiger partial charge in [0.05, 0.1) is 23.4 Å². The van der Waals surface area contributed by atoms with E-state index in [1.165, 1.54) is 16.9 Å². The van der Waals surface area contributed by atoms with E-state index in [0.717, 1.165) is 39.9 Å². The molecule has 4 rings (SSSR count). The van der Waals surface area contributed by atoms with Gasteiger partial charge in [0.25, 0.3) is 5.91 Å². The Morgan fingerprint density at radius 3 is 2.62 bits per heavy atom. The number of nitrogens with zero attached hydrogens (tertiary/aromatic N) is 3. The van der Waals surface area contributed by atoms with Gasteiger partial charge in [-0.2, -0.15) is 0 Å². The highest BCUT2D eigenvalue weighted by Crippen LogP contribution is 2.33. The van der Waals surface area contributed by atoms with Crippen LogP contribution in [0.4, 0.5) is 5.13 Å². The fourth-order valence-electron chi connectivity index (χ4n) is 3.41. The van der Waals surface area contributed by atoms with E-state index in [9.17, 15) is 4.79 Å². The molecule has 2 aromatic heterocycles. The number of aryl methyl sites for hydroxylation is 2. The molecular formula is C26H27N3O2S. The number of unbranched alkanes of at least 4 members (excludes halogenated alkanes) is 1. The van der Waals surface area contributed by atoms with Crippen molar-refractivity contribution in [2.24, 2.45) is 0 Å². The third-order valence-electron chi connectivity index (χ3n) is 5.48. The number of hydrogen-bond donors (Lipinski definition) is 0. The standard InChI is InChI=1S/C26H27N3O2S/c1-4-5-15-31-22-11-9-21(10-12-22)25(30)29(17-20-7-6-14-27-16-20)26-28-24-19(3)18(2)8-13-23(24)32-26/h6-14,16H,4-5,15,17H2,1-3H3. The second-order valence-corrected chi connectivity index (χ2v) is 8.84. The number of carbonyl (C=O) groups is 1. The van der Waals surface area contributed by atoms with Crippen LogP contribution in [0.2, 0.25) is 0 Å². The van der Waals surface area contributed by atoms with Crippen molar-refractivity contribution in [3.05, 3.63) is 83.2 Å². The molecule has 0 saturated carbocycles. The van der Waals surface area contributed by atoms with E-state index in [4.69, 9.17) is 9.72 Å². The molecule has 0 aliphatic carbocycles. The van der Waals surface area contributed by atoms with E-state index in [0.29, 0.717) is 23.8 Å². The number of amides is 1. The first-order valence-electron chi connectivity index (χ1n) is 10.9. The maximum atomic E-state index is 13.6. The Morgan fingerprint density at radius 1 is 1.09 bits per heavy atom. The van der Waals surface area contributed by atoms with E-state index in [2.05, 4.69) is 37.9 Å². The van der Waals surface area contributed by atoms with Gasteiger partial charge in [0.2, 0.25) is 0 Å². The summed E-state index contributed by atoms with van der Waals surface area (Å²) in [5, 5.41) is 0.686. The van der Waals surface area contributed by atoms with Crippen LogP contribution < -0.4 is 9.64 Å². The molecule has 32 heavy (non-hydrogen) atoms. The highest BCUT2D eigenvalue weighted by atomic mass is 32.1. The summed E-state index contributed by atoms with van der Waals surface area (Å²) in [6, 6.07) is 15.4. The lowest BCUT2D eigenvalue weighted by Crippen LogP contribution is -2.30. The number of aromatic nitrogens is 2. The molecule has 0 aliphatic heterocycles. The van der Waals surface area contributed by atoms with Crippen molar-refractivity contribution in [1.29, 1.82) is 0 Å². The summed E-state index contributed by atoms with van der Waals surface area (Å²) in [7, 11) is 0.